The predicted molar refractivity (Wildman–Crippen MR) is 334 cm³/mol. The molecule has 0 unspecified atom stereocenters. The van der Waals surface area contributed by atoms with Gasteiger partial charge in [0.15, 0.2) is 0 Å². The molecule has 4 aliphatic rings. The van der Waals surface area contributed by atoms with Crippen LogP contribution in [0.5, 0.6) is 0 Å². The van der Waals surface area contributed by atoms with E-state index in [1.165, 1.54) is 241 Å². The molecule has 0 saturated heterocycles. The summed E-state index contributed by atoms with van der Waals surface area (Å²) in [6.07, 6.45) is 58.0. The zero-order chi connectivity index (χ0) is 53.5. The van der Waals surface area contributed by atoms with Gasteiger partial charge in [-0.25, -0.2) is 0 Å². The van der Waals surface area contributed by atoms with Gasteiger partial charge < -0.3 is 0 Å². The second-order valence-electron chi connectivity index (χ2n) is 27.4. The number of hydrogen-bond acceptors (Lipinski definition) is 0. The molecule has 0 saturated carbocycles. The fourth-order valence-electron chi connectivity index (χ4n) is 15.0. The number of rotatable bonds is 36. The molecule has 0 atom stereocenters. The summed E-state index contributed by atoms with van der Waals surface area (Å²) in [6.45, 7) is 28.7. The van der Waals surface area contributed by atoms with E-state index >= 15 is 0 Å². The molecule has 2 aromatic carbocycles. The van der Waals surface area contributed by atoms with Gasteiger partial charge in [0.25, 0.3) is 0 Å². The van der Waals surface area contributed by atoms with Crippen LogP contribution in [-0.2, 0) is 0 Å². The lowest BCUT2D eigenvalue weighted by Crippen LogP contribution is -2.37. The van der Waals surface area contributed by atoms with E-state index < -0.39 is 0 Å². The SMILES string of the molecule is CC(C)CCCC1(CCCC(C)C)C=C2C(=Cc3ccccc32)C(CCCC(C)C)(CCCC(C)C)C1.CCCCCCC1(CCCCCC)C=C2C(=Cc3ccccc32)C(CCCCCC)(CCCCCC)C1. The topological polar surface area (TPSA) is 0 Å². The average molecular weight is 1010 g/mol. The molecule has 0 nitrogen and oxygen atoms in total. The van der Waals surface area contributed by atoms with Crippen molar-refractivity contribution in [2.45, 2.75) is 301 Å². The van der Waals surface area contributed by atoms with Crippen LogP contribution in [0.2, 0.25) is 0 Å². The Morgan fingerprint density at radius 1 is 0.338 bits per heavy atom. The second kappa shape index (κ2) is 31.7. The van der Waals surface area contributed by atoms with Crippen LogP contribution in [0.3, 0.4) is 0 Å². The van der Waals surface area contributed by atoms with Gasteiger partial charge in [-0.2, -0.15) is 0 Å². The first kappa shape index (κ1) is 62.2. The summed E-state index contributed by atoms with van der Waals surface area (Å²) in [4.78, 5) is 0. The molecule has 0 N–H and O–H groups in total. The van der Waals surface area contributed by atoms with Gasteiger partial charge in [-0.15, -0.1) is 0 Å². The number of allylic oxidation sites excluding steroid dienone is 6. The molecule has 416 valence electrons. The Balaban J connectivity index is 0.000000274. The van der Waals surface area contributed by atoms with Crippen LogP contribution in [0, 0.1) is 45.3 Å². The fraction of sp³-hybridized carbons (Fsp3) is 0.730. The van der Waals surface area contributed by atoms with Gasteiger partial charge in [0.2, 0.25) is 0 Å². The second-order valence-corrected chi connectivity index (χ2v) is 27.4. The maximum atomic E-state index is 2.85. The van der Waals surface area contributed by atoms with Gasteiger partial charge >= 0.3 is 0 Å². The van der Waals surface area contributed by atoms with Gasteiger partial charge in [0, 0.05) is 0 Å². The molecule has 74 heavy (non-hydrogen) atoms. The molecule has 0 bridgehead atoms. The summed E-state index contributed by atoms with van der Waals surface area (Å²) in [5.41, 5.74) is 14.2. The standard InChI is InChI=1S/2C37H60/c1-28(2)15-11-21-36(22-12-16-29(3)4)26-34-33-20-10-9-19-32(33)25-35(34)37(27-36,23-13-17-30(5)6)24-14-18-31(7)8;1-5-9-13-19-25-36(26-20-14-10-6-2)30-34-33-24-18-17-23-32(33)29-35(34)37(31-36,27-21-15-11-7-3)28-22-16-12-8-4/h9-10,19-20,25-26,28-31H,11-18,21-24,27H2,1-8H3;17-18,23-24,29-30H,5-16,19-22,25-28,31H2,1-4H3. The Bertz CT molecular complexity index is 1970. The van der Waals surface area contributed by atoms with Crippen LogP contribution >= 0.6 is 0 Å². The first-order valence-electron chi connectivity index (χ1n) is 32.8. The summed E-state index contributed by atoms with van der Waals surface area (Å²) in [6, 6.07) is 18.6. The highest BCUT2D eigenvalue weighted by atomic mass is 14.5. The van der Waals surface area contributed by atoms with Crippen molar-refractivity contribution in [3.63, 3.8) is 0 Å². The Morgan fingerprint density at radius 2 is 0.622 bits per heavy atom. The summed E-state index contributed by atoms with van der Waals surface area (Å²) in [5.74, 6) is 3.19. The zero-order valence-electron chi connectivity index (χ0n) is 51.3. The van der Waals surface area contributed by atoms with Crippen molar-refractivity contribution in [2.75, 3.05) is 0 Å². The van der Waals surface area contributed by atoms with E-state index in [1.807, 2.05) is 0 Å². The van der Waals surface area contributed by atoms with Gasteiger partial charge in [-0.3, -0.25) is 0 Å². The molecule has 0 aromatic heterocycles. The number of benzene rings is 2. The van der Waals surface area contributed by atoms with E-state index in [0.29, 0.717) is 21.7 Å². The third-order valence-electron chi connectivity index (χ3n) is 19.0. The van der Waals surface area contributed by atoms with Crippen molar-refractivity contribution in [3.05, 3.63) is 94.1 Å². The molecule has 0 radical (unpaired) electrons. The van der Waals surface area contributed by atoms with E-state index in [1.54, 1.807) is 22.3 Å². The van der Waals surface area contributed by atoms with E-state index in [2.05, 4.69) is 156 Å². The summed E-state index contributed by atoms with van der Waals surface area (Å²) in [7, 11) is 0. The molecular weight excluding hydrogens is 889 g/mol. The van der Waals surface area contributed by atoms with Crippen molar-refractivity contribution < 1.29 is 0 Å². The molecular formula is C74H120. The van der Waals surface area contributed by atoms with Crippen LogP contribution in [0.15, 0.2) is 71.8 Å². The Labute approximate surface area is 461 Å². The number of unbranched alkanes of at least 4 members (excludes halogenated alkanes) is 12. The molecule has 6 rings (SSSR count). The Kier molecular flexibility index (Phi) is 26.7. The molecule has 0 spiro atoms. The van der Waals surface area contributed by atoms with Crippen LogP contribution in [0.1, 0.15) is 324 Å². The summed E-state index contributed by atoms with van der Waals surface area (Å²) < 4.78 is 0. The minimum absolute atomic E-state index is 0.336. The molecule has 4 aliphatic carbocycles. The Hall–Kier alpha value is -2.60. The highest BCUT2D eigenvalue weighted by molar-refractivity contribution is 5.97. The zero-order valence-corrected chi connectivity index (χ0v) is 51.3. The van der Waals surface area contributed by atoms with Gasteiger partial charge in [-0.05, 0) is 166 Å². The fourth-order valence-corrected chi connectivity index (χ4v) is 15.0. The largest absolute Gasteiger partial charge is 0.0701 e. The maximum Gasteiger partial charge on any atom is -0.00325 e. The van der Waals surface area contributed by atoms with E-state index in [4.69, 9.17) is 0 Å². The number of hydrogen-bond donors (Lipinski definition) is 0. The predicted octanol–water partition coefficient (Wildman–Crippen LogP) is 24.9. The third-order valence-corrected chi connectivity index (χ3v) is 19.0. The molecule has 0 fully saturated rings. The van der Waals surface area contributed by atoms with Crippen molar-refractivity contribution in [2.24, 2.45) is 45.3 Å². The smallest absolute Gasteiger partial charge is 0.00325 e. The van der Waals surface area contributed by atoms with Crippen molar-refractivity contribution in [1.29, 1.82) is 0 Å². The minimum Gasteiger partial charge on any atom is -0.0701 e. The van der Waals surface area contributed by atoms with Crippen molar-refractivity contribution in [3.8, 4) is 0 Å². The highest BCUT2D eigenvalue weighted by Crippen LogP contribution is 2.64. The lowest BCUT2D eigenvalue weighted by Gasteiger charge is -2.49. The first-order valence-corrected chi connectivity index (χ1v) is 32.8. The van der Waals surface area contributed by atoms with Crippen LogP contribution in [0.25, 0.3) is 23.3 Å². The lowest BCUT2D eigenvalue weighted by atomic mass is 9.55. The summed E-state index contributed by atoms with van der Waals surface area (Å²) >= 11 is 0. The van der Waals surface area contributed by atoms with Gasteiger partial charge in [-0.1, -0.05) is 298 Å². The highest BCUT2D eigenvalue weighted by Gasteiger charge is 2.49. The van der Waals surface area contributed by atoms with Crippen LogP contribution < -0.4 is 0 Å². The quantitative estimate of drug-likeness (QED) is 0.0597. The van der Waals surface area contributed by atoms with Crippen LogP contribution in [-0.4, -0.2) is 0 Å². The monoisotopic (exact) mass is 1010 g/mol. The third kappa shape index (κ3) is 18.2. The van der Waals surface area contributed by atoms with E-state index in [-0.39, 0.29) is 0 Å². The van der Waals surface area contributed by atoms with Crippen molar-refractivity contribution in [1.82, 2.24) is 0 Å². The average Bonchev–Trinajstić information content (AvgIpc) is 3.94. The normalized spacial score (nSPS) is 17.6. The molecule has 0 heteroatoms. The number of fused-ring (bicyclic) bond motifs is 6. The summed E-state index contributed by atoms with van der Waals surface area (Å²) in [5, 5.41) is 0. The molecule has 2 aromatic rings. The van der Waals surface area contributed by atoms with Gasteiger partial charge in [0.1, 0.15) is 0 Å². The first-order chi connectivity index (χ1) is 35.7. The molecule has 0 aliphatic heterocycles. The molecule has 0 amide bonds. The Morgan fingerprint density at radius 3 is 0.946 bits per heavy atom. The van der Waals surface area contributed by atoms with E-state index in [0.717, 1.165) is 23.7 Å². The lowest BCUT2D eigenvalue weighted by molar-refractivity contribution is 0.138. The minimum atomic E-state index is 0.336. The van der Waals surface area contributed by atoms with Gasteiger partial charge in [0.05, 0.1) is 0 Å². The van der Waals surface area contributed by atoms with Crippen molar-refractivity contribution >= 4 is 23.3 Å². The van der Waals surface area contributed by atoms with E-state index in [9.17, 15) is 0 Å². The van der Waals surface area contributed by atoms with Crippen LogP contribution in [0.4, 0.5) is 0 Å². The maximum absolute atomic E-state index is 2.85. The molecule has 0 heterocycles.